The number of hydrogen-bond donors (Lipinski definition) is 1. The summed E-state index contributed by atoms with van der Waals surface area (Å²) < 4.78 is 6.66. The van der Waals surface area contributed by atoms with Crippen molar-refractivity contribution >= 4 is 56.5 Å². The highest BCUT2D eigenvalue weighted by Gasteiger charge is 2.48. The van der Waals surface area contributed by atoms with E-state index in [0.29, 0.717) is 39.5 Å². The van der Waals surface area contributed by atoms with Crippen LogP contribution < -0.4 is 9.64 Å². The van der Waals surface area contributed by atoms with Crippen LogP contribution in [0.3, 0.4) is 0 Å². The minimum absolute atomic E-state index is 0.0271. The van der Waals surface area contributed by atoms with Crippen LogP contribution in [-0.4, -0.2) is 38.6 Å². The average Bonchev–Trinajstić information content (AvgIpc) is 3.61. The van der Waals surface area contributed by atoms with E-state index in [0.717, 1.165) is 17.4 Å². The second-order valence-corrected chi connectivity index (χ2v) is 13.0. The fourth-order valence-electron chi connectivity index (χ4n) is 5.11. The SMILES string of the molecule is CC(C)CCOc1cccc(C2/C(=C(\O)c3ccncc3)C(=O)C(=O)N2c2nnc(SCc3cccc4ccccc34)s2)c1. The van der Waals surface area contributed by atoms with Gasteiger partial charge in [-0.15, -0.1) is 10.2 Å². The zero-order valence-corrected chi connectivity index (χ0v) is 25.8. The van der Waals surface area contributed by atoms with Crippen LogP contribution in [0.15, 0.2) is 101 Å². The molecule has 6 rings (SSSR count). The number of aromatic nitrogens is 3. The maximum absolute atomic E-state index is 13.6. The Labute approximate surface area is 263 Å². The van der Waals surface area contributed by atoms with Crippen molar-refractivity contribution in [2.45, 2.75) is 36.4 Å². The first-order valence-corrected chi connectivity index (χ1v) is 16.1. The van der Waals surface area contributed by atoms with Crippen molar-refractivity contribution in [3.8, 4) is 5.75 Å². The molecule has 1 aliphatic rings. The molecule has 1 atom stereocenters. The highest BCUT2D eigenvalue weighted by molar-refractivity contribution is 8.00. The van der Waals surface area contributed by atoms with Gasteiger partial charge in [-0.2, -0.15) is 0 Å². The Morgan fingerprint density at radius 1 is 1.00 bits per heavy atom. The second kappa shape index (κ2) is 13.0. The number of pyridine rings is 1. The molecule has 1 saturated heterocycles. The number of hydrogen-bond acceptors (Lipinski definition) is 9. The molecular formula is C34H30N4O4S2. The summed E-state index contributed by atoms with van der Waals surface area (Å²) in [5.41, 5.74) is 2.13. The number of carbonyl (C=O) groups excluding carboxylic acids is 2. The minimum atomic E-state index is -0.930. The smallest absolute Gasteiger partial charge is 0.301 e. The number of amides is 1. The van der Waals surface area contributed by atoms with Crippen LogP contribution in [0.2, 0.25) is 0 Å². The van der Waals surface area contributed by atoms with E-state index < -0.39 is 17.7 Å². The standard InChI is InChI=1S/C34H30N4O4S2/c1-21(2)15-18-42-26-11-6-9-24(19-26)29-28(30(39)23-13-16-35-17-14-23)31(40)32(41)38(29)33-36-37-34(44-33)43-20-25-10-5-8-22-7-3-4-12-27(22)25/h3-14,16-17,19,21,29,39H,15,18,20H2,1-2H3/b30-28+. The third-order valence-electron chi connectivity index (χ3n) is 7.37. The molecule has 44 heavy (non-hydrogen) atoms. The predicted molar refractivity (Wildman–Crippen MR) is 174 cm³/mol. The van der Waals surface area contributed by atoms with Crippen LogP contribution in [-0.2, 0) is 15.3 Å². The van der Waals surface area contributed by atoms with Gasteiger partial charge in [0.15, 0.2) is 4.34 Å². The number of fused-ring (bicyclic) bond motifs is 1. The van der Waals surface area contributed by atoms with Crippen molar-refractivity contribution in [2.75, 3.05) is 11.5 Å². The quantitative estimate of drug-likeness (QED) is 0.0564. The van der Waals surface area contributed by atoms with E-state index in [1.165, 1.54) is 45.8 Å². The lowest BCUT2D eigenvalue weighted by atomic mass is 9.95. The molecule has 0 aliphatic carbocycles. The Hall–Kier alpha value is -4.54. The van der Waals surface area contributed by atoms with E-state index in [-0.39, 0.29) is 16.5 Å². The number of ketones is 1. The van der Waals surface area contributed by atoms with Gasteiger partial charge < -0.3 is 9.84 Å². The second-order valence-electron chi connectivity index (χ2n) is 10.8. The summed E-state index contributed by atoms with van der Waals surface area (Å²) in [6.07, 6.45) is 3.93. The zero-order valence-electron chi connectivity index (χ0n) is 24.2. The average molecular weight is 623 g/mol. The third-order valence-corrected chi connectivity index (χ3v) is 9.47. The molecule has 0 radical (unpaired) electrons. The van der Waals surface area contributed by atoms with Gasteiger partial charge in [0, 0.05) is 23.7 Å². The molecule has 0 bridgehead atoms. The Morgan fingerprint density at radius 3 is 2.59 bits per heavy atom. The molecule has 5 aromatic rings. The number of ether oxygens (including phenoxy) is 1. The van der Waals surface area contributed by atoms with Gasteiger partial charge in [-0.25, -0.2) is 0 Å². The number of nitrogens with zero attached hydrogens (tertiary/aromatic N) is 4. The van der Waals surface area contributed by atoms with Gasteiger partial charge in [-0.3, -0.25) is 19.5 Å². The van der Waals surface area contributed by atoms with E-state index in [9.17, 15) is 14.7 Å². The van der Waals surface area contributed by atoms with Gasteiger partial charge in [0.1, 0.15) is 11.5 Å². The summed E-state index contributed by atoms with van der Waals surface area (Å²) in [7, 11) is 0. The molecule has 0 saturated carbocycles. The van der Waals surface area contributed by atoms with Crippen molar-refractivity contribution in [3.05, 3.63) is 114 Å². The summed E-state index contributed by atoms with van der Waals surface area (Å²) in [5, 5.41) is 22.7. The predicted octanol–water partition coefficient (Wildman–Crippen LogP) is 7.43. The highest BCUT2D eigenvalue weighted by atomic mass is 32.2. The summed E-state index contributed by atoms with van der Waals surface area (Å²) in [5.74, 6) is -0.0961. The molecular weight excluding hydrogens is 593 g/mol. The van der Waals surface area contributed by atoms with Crippen molar-refractivity contribution in [3.63, 3.8) is 0 Å². The number of benzene rings is 3. The number of Topliss-reactive ketones (excluding diaryl/α,β-unsaturated/α-hetero) is 1. The van der Waals surface area contributed by atoms with E-state index in [4.69, 9.17) is 4.74 Å². The molecule has 10 heteroatoms. The largest absolute Gasteiger partial charge is 0.507 e. The van der Waals surface area contributed by atoms with Gasteiger partial charge >= 0.3 is 5.91 Å². The van der Waals surface area contributed by atoms with Gasteiger partial charge in [-0.05, 0) is 58.5 Å². The molecule has 3 aromatic carbocycles. The van der Waals surface area contributed by atoms with Crippen LogP contribution in [0, 0.1) is 5.92 Å². The first kappa shape index (κ1) is 29.5. The maximum atomic E-state index is 13.6. The van der Waals surface area contributed by atoms with Crippen LogP contribution in [0.4, 0.5) is 5.13 Å². The molecule has 1 unspecified atom stereocenters. The van der Waals surface area contributed by atoms with E-state index >= 15 is 0 Å². The lowest BCUT2D eigenvalue weighted by Crippen LogP contribution is -2.29. The Kier molecular flexibility index (Phi) is 8.72. The van der Waals surface area contributed by atoms with Crippen molar-refractivity contribution in [1.29, 1.82) is 0 Å². The number of anilines is 1. The number of aliphatic hydroxyl groups is 1. The van der Waals surface area contributed by atoms with Crippen LogP contribution in [0.1, 0.15) is 43.0 Å². The monoisotopic (exact) mass is 622 g/mol. The maximum Gasteiger partial charge on any atom is 0.301 e. The first-order valence-electron chi connectivity index (χ1n) is 14.3. The minimum Gasteiger partial charge on any atom is -0.507 e. The highest BCUT2D eigenvalue weighted by Crippen LogP contribution is 2.44. The number of thioether (sulfide) groups is 1. The van der Waals surface area contributed by atoms with E-state index in [1.54, 1.807) is 18.2 Å². The Morgan fingerprint density at radius 2 is 1.77 bits per heavy atom. The molecule has 1 amide bonds. The van der Waals surface area contributed by atoms with E-state index in [2.05, 4.69) is 53.3 Å². The summed E-state index contributed by atoms with van der Waals surface area (Å²) in [6, 6.07) is 24.0. The molecule has 1 fully saturated rings. The van der Waals surface area contributed by atoms with Gasteiger partial charge in [0.05, 0.1) is 18.2 Å². The lowest BCUT2D eigenvalue weighted by molar-refractivity contribution is -0.132. The zero-order chi connectivity index (χ0) is 30.6. The Bertz CT molecular complexity index is 1850. The summed E-state index contributed by atoms with van der Waals surface area (Å²) in [6.45, 7) is 4.79. The van der Waals surface area contributed by atoms with Gasteiger partial charge in [0.2, 0.25) is 5.13 Å². The normalized spacial score (nSPS) is 16.2. The van der Waals surface area contributed by atoms with Crippen LogP contribution >= 0.6 is 23.1 Å². The summed E-state index contributed by atoms with van der Waals surface area (Å²) in [4.78, 5) is 32.5. The molecule has 0 spiro atoms. The number of rotatable bonds is 10. The van der Waals surface area contributed by atoms with Crippen LogP contribution in [0.5, 0.6) is 5.75 Å². The number of carbonyl (C=O) groups is 2. The van der Waals surface area contributed by atoms with Gasteiger partial charge in [0.25, 0.3) is 5.78 Å². The first-order chi connectivity index (χ1) is 21.4. The fraction of sp³-hybridized carbons (Fsp3) is 0.206. The number of aliphatic hydroxyl groups excluding tert-OH is 1. The van der Waals surface area contributed by atoms with Gasteiger partial charge in [-0.1, -0.05) is 91.5 Å². The lowest BCUT2D eigenvalue weighted by Gasteiger charge is -2.23. The molecule has 1 aliphatic heterocycles. The fourth-order valence-corrected chi connectivity index (χ4v) is 6.98. The van der Waals surface area contributed by atoms with Crippen molar-refractivity contribution < 1.29 is 19.4 Å². The van der Waals surface area contributed by atoms with Crippen LogP contribution in [0.25, 0.3) is 16.5 Å². The van der Waals surface area contributed by atoms with E-state index in [1.807, 2.05) is 36.4 Å². The molecule has 2 aromatic heterocycles. The molecule has 1 N–H and O–H groups in total. The van der Waals surface area contributed by atoms with Crippen molar-refractivity contribution in [1.82, 2.24) is 15.2 Å². The third kappa shape index (κ3) is 6.09. The van der Waals surface area contributed by atoms with Crippen molar-refractivity contribution in [2.24, 2.45) is 5.92 Å². The summed E-state index contributed by atoms with van der Waals surface area (Å²) >= 11 is 2.76. The topological polar surface area (TPSA) is 106 Å². The molecule has 8 nitrogen and oxygen atoms in total. The Balaban J connectivity index is 1.35. The molecule has 3 heterocycles. The molecule has 222 valence electrons.